The summed E-state index contributed by atoms with van der Waals surface area (Å²) in [5, 5.41) is 54.6. The first-order valence-electron chi connectivity index (χ1n) is 15.4. The third kappa shape index (κ3) is 10.3. The highest BCUT2D eigenvalue weighted by Crippen LogP contribution is 2.38. The average Bonchev–Trinajstić information content (AvgIpc) is 3.09. The number of fused-ring (bicyclic) bond motifs is 5. The summed E-state index contributed by atoms with van der Waals surface area (Å²) >= 11 is 0. The van der Waals surface area contributed by atoms with Gasteiger partial charge in [0.25, 0.3) is 5.91 Å². The van der Waals surface area contributed by atoms with Crippen LogP contribution in [-0.4, -0.2) is 131 Å². The molecular formula is C31H41N9O11. The number of aromatic hydroxyl groups is 2. The van der Waals surface area contributed by atoms with Crippen LogP contribution in [0.15, 0.2) is 36.4 Å². The van der Waals surface area contributed by atoms with Crippen molar-refractivity contribution in [2.45, 2.75) is 36.8 Å². The fraction of sp³-hybridized carbons (Fsp3) is 0.387. The number of nitrogens with zero attached hydrogens (tertiary/aromatic N) is 1. The number of hydrogen-bond acceptors (Lipinski definition) is 13. The van der Waals surface area contributed by atoms with Crippen molar-refractivity contribution < 1.29 is 54.0 Å². The monoisotopic (exact) mass is 715 g/mol. The maximum absolute atomic E-state index is 13.6. The van der Waals surface area contributed by atoms with E-state index in [2.05, 4.69) is 31.9 Å². The fourth-order valence-electron chi connectivity index (χ4n) is 4.96. The average molecular weight is 716 g/mol. The van der Waals surface area contributed by atoms with Gasteiger partial charge in [0.2, 0.25) is 35.4 Å². The van der Waals surface area contributed by atoms with Gasteiger partial charge < -0.3 is 68.7 Å². The Kier molecular flexibility index (Phi) is 13.8. The summed E-state index contributed by atoms with van der Waals surface area (Å²) < 4.78 is 0. The zero-order valence-electron chi connectivity index (χ0n) is 27.6. The number of nitrogens with two attached hydrogens (primary N) is 2. The number of likely N-dealkylation sites (N-methyl/N-ethyl adjacent to an activating group) is 2. The van der Waals surface area contributed by atoms with Crippen LogP contribution in [0.3, 0.4) is 0 Å². The largest absolute Gasteiger partial charge is 0.507 e. The van der Waals surface area contributed by atoms with Crippen LogP contribution in [0, 0.1) is 0 Å². The van der Waals surface area contributed by atoms with Gasteiger partial charge in [-0.05, 0) is 42.4 Å². The summed E-state index contributed by atoms with van der Waals surface area (Å²) in [4.78, 5) is 89.8. The molecule has 7 amide bonds. The Labute approximate surface area is 290 Å². The Hall–Kier alpha value is -5.83. The molecule has 1 heterocycles. The number of amides is 7. The van der Waals surface area contributed by atoms with E-state index in [-0.39, 0.29) is 34.6 Å². The molecule has 2 aromatic carbocycles. The second-order valence-electron chi connectivity index (χ2n) is 11.5. The lowest BCUT2D eigenvalue weighted by molar-refractivity contribution is -0.140. The molecule has 20 heteroatoms. The molecule has 0 saturated heterocycles. The highest BCUT2D eigenvalue weighted by molar-refractivity contribution is 5.95. The molecule has 14 N–H and O–H groups in total. The van der Waals surface area contributed by atoms with Gasteiger partial charge in [-0.25, -0.2) is 0 Å². The molecule has 4 bridgehead atoms. The zero-order valence-corrected chi connectivity index (χ0v) is 27.6. The van der Waals surface area contributed by atoms with Gasteiger partial charge in [0.1, 0.15) is 35.7 Å². The third-order valence-corrected chi connectivity index (χ3v) is 7.87. The number of rotatable bonds is 12. The fourth-order valence-corrected chi connectivity index (χ4v) is 4.96. The maximum atomic E-state index is 13.6. The molecule has 276 valence electrons. The molecule has 2 unspecified atom stereocenters. The van der Waals surface area contributed by atoms with Crippen molar-refractivity contribution in [1.29, 1.82) is 0 Å². The van der Waals surface area contributed by atoms with E-state index in [0.29, 0.717) is 5.56 Å². The number of aliphatic hydroxyl groups excluding tert-OH is 2. The van der Waals surface area contributed by atoms with Gasteiger partial charge in [0.05, 0.1) is 26.2 Å². The summed E-state index contributed by atoms with van der Waals surface area (Å²) in [6.45, 7) is -2.51. The van der Waals surface area contributed by atoms with Crippen LogP contribution in [0.1, 0.15) is 17.2 Å². The molecule has 0 fully saturated rings. The third-order valence-electron chi connectivity index (χ3n) is 7.87. The first kappa shape index (κ1) is 39.6. The van der Waals surface area contributed by atoms with E-state index in [1.54, 1.807) is 0 Å². The minimum atomic E-state index is -1.71. The van der Waals surface area contributed by atoms with Crippen LogP contribution in [-0.2, 0) is 40.0 Å². The van der Waals surface area contributed by atoms with Crippen LogP contribution >= 0.6 is 0 Å². The summed E-state index contributed by atoms with van der Waals surface area (Å²) in [6.07, 6.45) is -3.47. The topological polar surface area (TPSA) is 328 Å². The number of benzene rings is 2. The first-order valence-corrected chi connectivity index (χ1v) is 15.4. The molecule has 51 heavy (non-hydrogen) atoms. The van der Waals surface area contributed by atoms with Crippen molar-refractivity contribution in [1.82, 2.24) is 36.8 Å². The Balaban J connectivity index is 1.93. The molecule has 0 aliphatic carbocycles. The lowest BCUT2D eigenvalue weighted by Gasteiger charge is -2.29. The van der Waals surface area contributed by atoms with E-state index in [4.69, 9.17) is 11.5 Å². The van der Waals surface area contributed by atoms with Gasteiger partial charge in [0, 0.05) is 24.6 Å². The van der Waals surface area contributed by atoms with Crippen molar-refractivity contribution in [3.05, 3.63) is 47.5 Å². The summed E-state index contributed by atoms with van der Waals surface area (Å²) in [5.41, 5.74) is 11.4. The van der Waals surface area contributed by atoms with Crippen molar-refractivity contribution in [2.24, 2.45) is 11.5 Å². The second kappa shape index (κ2) is 17.7. The minimum absolute atomic E-state index is 0.0370. The normalized spacial score (nSPS) is 17.7. The quantitative estimate of drug-likeness (QED) is 0.0914. The van der Waals surface area contributed by atoms with Crippen LogP contribution in [0.5, 0.6) is 11.5 Å². The van der Waals surface area contributed by atoms with E-state index in [1.807, 2.05) is 0 Å². The van der Waals surface area contributed by atoms with Crippen LogP contribution in [0.4, 0.5) is 0 Å². The van der Waals surface area contributed by atoms with Crippen LogP contribution in [0.25, 0.3) is 11.1 Å². The predicted molar refractivity (Wildman–Crippen MR) is 177 cm³/mol. The Morgan fingerprint density at radius 2 is 1.65 bits per heavy atom. The predicted octanol–water partition coefficient (Wildman–Crippen LogP) is -5.52. The highest BCUT2D eigenvalue weighted by Gasteiger charge is 2.32. The first-order chi connectivity index (χ1) is 24.1. The van der Waals surface area contributed by atoms with Gasteiger partial charge in [0.15, 0.2) is 6.17 Å². The van der Waals surface area contributed by atoms with Gasteiger partial charge in [-0.15, -0.1) is 0 Å². The van der Waals surface area contributed by atoms with Crippen molar-refractivity contribution >= 4 is 41.4 Å². The molecule has 1 aliphatic rings. The van der Waals surface area contributed by atoms with Gasteiger partial charge in [-0.2, -0.15) is 0 Å². The van der Waals surface area contributed by atoms with Gasteiger partial charge >= 0.3 is 0 Å². The zero-order chi connectivity index (χ0) is 38.0. The number of primary amides is 1. The van der Waals surface area contributed by atoms with Crippen molar-refractivity contribution in [3.8, 4) is 22.6 Å². The summed E-state index contributed by atoms with van der Waals surface area (Å²) in [6, 6.07) is 4.24. The smallest absolute Gasteiger partial charge is 0.257 e. The Morgan fingerprint density at radius 1 is 1.00 bits per heavy atom. The van der Waals surface area contributed by atoms with Gasteiger partial charge in [-0.3, -0.25) is 33.6 Å². The molecule has 0 saturated carbocycles. The minimum Gasteiger partial charge on any atom is -0.507 e. The lowest BCUT2D eigenvalue weighted by Crippen LogP contribution is -2.58. The molecule has 0 spiro atoms. The number of carbonyl (C=O) groups is 7. The number of nitrogens with one attached hydrogen (secondary N) is 6. The molecule has 0 radical (unpaired) electrons. The SMILES string of the molecule is CN[C@H](CO)C(=O)N[C@H](N)C(=O)NCC(=O)N(C)[C@@H]1C(=O)NCC(=O)NC(C(=O)NCC(O)C(N)=O)Cc2ccc(O)c(c2)-c2cc1ccc2O. The molecular weight excluding hydrogens is 674 g/mol. The number of aliphatic hydroxyl groups is 2. The second-order valence-corrected chi connectivity index (χ2v) is 11.5. The molecule has 0 aromatic heterocycles. The van der Waals surface area contributed by atoms with Crippen LogP contribution < -0.4 is 43.4 Å². The summed E-state index contributed by atoms with van der Waals surface area (Å²) in [7, 11) is 2.64. The highest BCUT2D eigenvalue weighted by atomic mass is 16.3. The Morgan fingerprint density at radius 3 is 2.27 bits per heavy atom. The standard InChI is InChI=1S/C31H41N9O11/c1-34-19(13-41)29(49)39-26(32)31(51)37-12-24(46)40(2)25-15-4-6-21(43)17(9-15)16-7-14(3-5-20(16)42)8-18(38-23(45)11-36-30(25)50)28(48)35-10-22(44)27(33)47/h3-7,9,18-19,22,25-26,34,41-44H,8,10-13,32H2,1-2H3,(H2,33,47)(H,35,48)(H,36,50)(H,37,51)(H,38,45)(H,39,49)/t18?,19-,22?,25+,26+/m1/s1. The van der Waals surface area contributed by atoms with E-state index >= 15 is 0 Å². The van der Waals surface area contributed by atoms with Crippen molar-refractivity contribution in [2.75, 3.05) is 40.3 Å². The summed E-state index contributed by atoms with van der Waals surface area (Å²) in [5.74, 6) is -6.83. The van der Waals surface area contributed by atoms with E-state index in [0.717, 1.165) is 4.90 Å². The number of phenols is 2. The maximum Gasteiger partial charge on any atom is 0.257 e. The number of phenolic OH excluding ortho intramolecular Hbond substituents is 2. The van der Waals surface area contributed by atoms with E-state index in [1.165, 1.54) is 50.5 Å². The molecule has 2 aromatic rings. The lowest BCUT2D eigenvalue weighted by atomic mass is 9.94. The van der Waals surface area contributed by atoms with E-state index < -0.39 is 98.0 Å². The van der Waals surface area contributed by atoms with E-state index in [9.17, 15) is 54.0 Å². The molecule has 20 nitrogen and oxygen atoms in total. The molecule has 1 aliphatic heterocycles. The molecule has 5 atom stereocenters. The molecule has 3 rings (SSSR count). The van der Waals surface area contributed by atoms with Crippen LogP contribution in [0.2, 0.25) is 0 Å². The number of carbonyl (C=O) groups excluding carboxylic acids is 7. The number of hydrogen-bond donors (Lipinski definition) is 12. The van der Waals surface area contributed by atoms with Gasteiger partial charge in [-0.1, -0.05) is 12.1 Å². The Bertz CT molecular complexity index is 1670. The van der Waals surface area contributed by atoms with Crippen molar-refractivity contribution in [3.63, 3.8) is 0 Å².